The lowest BCUT2D eigenvalue weighted by molar-refractivity contribution is -0.00544. The van der Waals surface area contributed by atoms with Gasteiger partial charge in [0.25, 0.3) is 0 Å². The Hall–Kier alpha value is -0.610. The molecule has 1 spiro atoms. The van der Waals surface area contributed by atoms with Crippen LogP contribution in [0.25, 0.3) is 0 Å². The van der Waals surface area contributed by atoms with Crippen molar-refractivity contribution < 1.29 is 9.13 Å². The smallest absolute Gasteiger partial charge is 0.147 e. The minimum absolute atomic E-state index is 0.210. The molecule has 0 aromatic heterocycles. The van der Waals surface area contributed by atoms with Crippen molar-refractivity contribution in [1.82, 2.24) is 0 Å². The number of alkyl halides is 1. The highest BCUT2D eigenvalue weighted by atomic mass is 79.9. The predicted octanol–water partition coefficient (Wildman–Crippen LogP) is 2.91. The van der Waals surface area contributed by atoms with Gasteiger partial charge >= 0.3 is 0 Å². The van der Waals surface area contributed by atoms with Gasteiger partial charge in [0.15, 0.2) is 0 Å². The number of rotatable bonds is 0. The van der Waals surface area contributed by atoms with E-state index in [2.05, 4.69) is 27.3 Å². The SMILES string of the molecule is FC1COCCC12Cc1ccc(Br)cc1N2. The molecule has 2 atom stereocenters. The molecule has 0 aliphatic carbocycles. The first-order valence-electron chi connectivity index (χ1n) is 5.48. The molecular formula is C12H13BrFNO. The summed E-state index contributed by atoms with van der Waals surface area (Å²) in [5.41, 5.74) is 1.83. The Bertz CT molecular complexity index is 425. The monoisotopic (exact) mass is 285 g/mol. The van der Waals surface area contributed by atoms with Crippen molar-refractivity contribution in [1.29, 1.82) is 0 Å². The van der Waals surface area contributed by atoms with Crippen molar-refractivity contribution in [2.75, 3.05) is 18.5 Å². The van der Waals surface area contributed by atoms with Crippen molar-refractivity contribution in [3.63, 3.8) is 0 Å². The molecule has 2 aliphatic heterocycles. The molecule has 16 heavy (non-hydrogen) atoms. The second kappa shape index (κ2) is 3.70. The van der Waals surface area contributed by atoms with E-state index in [1.54, 1.807) is 0 Å². The van der Waals surface area contributed by atoms with Gasteiger partial charge in [-0.05, 0) is 24.1 Å². The Balaban J connectivity index is 1.93. The largest absolute Gasteiger partial charge is 0.378 e. The lowest BCUT2D eigenvalue weighted by Crippen LogP contribution is -2.52. The van der Waals surface area contributed by atoms with E-state index in [4.69, 9.17) is 4.74 Å². The van der Waals surface area contributed by atoms with Crippen LogP contribution in [0.5, 0.6) is 0 Å². The molecule has 0 amide bonds. The first kappa shape index (κ1) is 10.5. The van der Waals surface area contributed by atoms with Gasteiger partial charge in [-0.15, -0.1) is 0 Å². The highest BCUT2D eigenvalue weighted by molar-refractivity contribution is 9.10. The maximum atomic E-state index is 14.0. The normalized spacial score (nSPS) is 32.5. The van der Waals surface area contributed by atoms with E-state index in [1.165, 1.54) is 5.56 Å². The van der Waals surface area contributed by atoms with E-state index in [0.717, 1.165) is 23.0 Å². The van der Waals surface area contributed by atoms with E-state index in [-0.39, 0.29) is 6.61 Å². The fraction of sp³-hybridized carbons (Fsp3) is 0.500. The van der Waals surface area contributed by atoms with Crippen LogP contribution in [0, 0.1) is 0 Å². The molecule has 1 fully saturated rings. The fourth-order valence-electron chi connectivity index (χ4n) is 2.57. The number of anilines is 1. The molecule has 2 nitrogen and oxygen atoms in total. The number of hydrogen-bond donors (Lipinski definition) is 1. The van der Waals surface area contributed by atoms with Gasteiger partial charge < -0.3 is 10.1 Å². The number of hydrogen-bond acceptors (Lipinski definition) is 2. The molecule has 1 N–H and O–H groups in total. The zero-order valence-electron chi connectivity index (χ0n) is 8.80. The van der Waals surface area contributed by atoms with Crippen molar-refractivity contribution in [3.8, 4) is 0 Å². The van der Waals surface area contributed by atoms with Gasteiger partial charge in [0, 0.05) is 23.2 Å². The highest BCUT2D eigenvalue weighted by Crippen LogP contribution is 2.40. The summed E-state index contributed by atoms with van der Waals surface area (Å²) in [6.45, 7) is 0.852. The molecule has 2 unspecified atom stereocenters. The molecule has 2 heterocycles. The van der Waals surface area contributed by atoms with Gasteiger partial charge in [-0.1, -0.05) is 22.0 Å². The maximum Gasteiger partial charge on any atom is 0.147 e. The Labute approximate surface area is 102 Å². The zero-order chi connectivity index (χ0) is 11.2. The van der Waals surface area contributed by atoms with Crippen LogP contribution in [0.2, 0.25) is 0 Å². The van der Waals surface area contributed by atoms with Gasteiger partial charge in [-0.2, -0.15) is 0 Å². The third kappa shape index (κ3) is 1.55. The topological polar surface area (TPSA) is 21.3 Å². The maximum absolute atomic E-state index is 14.0. The first-order valence-corrected chi connectivity index (χ1v) is 6.27. The van der Waals surface area contributed by atoms with Crippen LogP contribution in [0.3, 0.4) is 0 Å². The lowest BCUT2D eigenvalue weighted by Gasteiger charge is -2.37. The fourth-order valence-corrected chi connectivity index (χ4v) is 2.93. The summed E-state index contributed by atoms with van der Waals surface area (Å²) in [5.74, 6) is 0. The summed E-state index contributed by atoms with van der Waals surface area (Å²) in [5, 5.41) is 3.36. The molecule has 0 saturated carbocycles. The predicted molar refractivity (Wildman–Crippen MR) is 64.5 cm³/mol. The molecular weight excluding hydrogens is 273 g/mol. The summed E-state index contributed by atoms with van der Waals surface area (Å²) in [6, 6.07) is 6.09. The Morgan fingerprint density at radius 1 is 1.50 bits per heavy atom. The van der Waals surface area contributed by atoms with Gasteiger partial charge in [0.1, 0.15) is 6.17 Å². The second-order valence-corrected chi connectivity index (χ2v) is 5.47. The molecule has 4 heteroatoms. The minimum atomic E-state index is -0.924. The molecule has 0 bridgehead atoms. The van der Waals surface area contributed by atoms with Crippen LogP contribution in [-0.4, -0.2) is 24.9 Å². The van der Waals surface area contributed by atoms with E-state index < -0.39 is 11.7 Å². The van der Waals surface area contributed by atoms with Crippen molar-refractivity contribution >= 4 is 21.6 Å². The summed E-state index contributed by atoms with van der Waals surface area (Å²) in [4.78, 5) is 0. The number of halogens is 2. The standard InChI is InChI=1S/C12H13BrFNO/c13-9-2-1-8-6-12(15-10(8)5-9)3-4-16-7-11(12)14/h1-2,5,11,15H,3-4,6-7H2. The third-order valence-corrected chi connectivity index (χ3v) is 4.01. The number of fused-ring (bicyclic) bond motifs is 1. The quantitative estimate of drug-likeness (QED) is 0.791. The Morgan fingerprint density at radius 2 is 2.38 bits per heavy atom. The summed E-state index contributed by atoms with van der Waals surface area (Å²) in [6.07, 6.45) is 0.577. The molecule has 86 valence electrons. The third-order valence-electron chi connectivity index (χ3n) is 3.52. The van der Waals surface area contributed by atoms with Crippen molar-refractivity contribution in [2.45, 2.75) is 24.6 Å². The lowest BCUT2D eigenvalue weighted by atomic mass is 9.86. The molecule has 1 aromatic rings. The molecule has 2 aliphatic rings. The van der Waals surface area contributed by atoms with E-state index >= 15 is 0 Å². The zero-order valence-corrected chi connectivity index (χ0v) is 10.4. The highest BCUT2D eigenvalue weighted by Gasteiger charge is 2.46. The van der Waals surface area contributed by atoms with Crippen LogP contribution in [0.4, 0.5) is 10.1 Å². The average molecular weight is 286 g/mol. The number of nitrogens with one attached hydrogen (secondary N) is 1. The van der Waals surface area contributed by atoms with Crippen molar-refractivity contribution in [3.05, 3.63) is 28.2 Å². The Kier molecular flexibility index (Phi) is 2.44. The number of ether oxygens (including phenoxy) is 1. The van der Waals surface area contributed by atoms with Gasteiger partial charge in [-0.25, -0.2) is 4.39 Å². The van der Waals surface area contributed by atoms with Crippen LogP contribution in [0.1, 0.15) is 12.0 Å². The van der Waals surface area contributed by atoms with Crippen LogP contribution in [-0.2, 0) is 11.2 Å². The van der Waals surface area contributed by atoms with Crippen LogP contribution in [0.15, 0.2) is 22.7 Å². The van der Waals surface area contributed by atoms with E-state index in [1.807, 2.05) is 12.1 Å². The summed E-state index contributed by atoms with van der Waals surface area (Å²) < 4.78 is 20.2. The Morgan fingerprint density at radius 3 is 3.19 bits per heavy atom. The first-order chi connectivity index (χ1) is 7.70. The van der Waals surface area contributed by atoms with Gasteiger partial charge in [0.2, 0.25) is 0 Å². The van der Waals surface area contributed by atoms with Crippen LogP contribution >= 0.6 is 15.9 Å². The average Bonchev–Trinajstić information content (AvgIpc) is 2.61. The van der Waals surface area contributed by atoms with Gasteiger partial charge in [0.05, 0.1) is 12.1 Å². The summed E-state index contributed by atoms with van der Waals surface area (Å²) >= 11 is 3.43. The molecule has 3 rings (SSSR count). The second-order valence-electron chi connectivity index (χ2n) is 4.55. The summed E-state index contributed by atoms with van der Waals surface area (Å²) in [7, 11) is 0. The van der Waals surface area contributed by atoms with Crippen LogP contribution < -0.4 is 5.32 Å². The molecule has 1 aromatic carbocycles. The van der Waals surface area contributed by atoms with E-state index in [9.17, 15) is 4.39 Å². The number of benzene rings is 1. The molecule has 1 saturated heterocycles. The van der Waals surface area contributed by atoms with Gasteiger partial charge in [-0.3, -0.25) is 0 Å². The minimum Gasteiger partial charge on any atom is -0.378 e. The molecule has 0 radical (unpaired) electrons. The van der Waals surface area contributed by atoms with Crippen molar-refractivity contribution in [2.24, 2.45) is 0 Å². The van der Waals surface area contributed by atoms with E-state index in [0.29, 0.717) is 6.61 Å².